The Balaban J connectivity index is 4.96. The molecule has 0 aromatic rings. The minimum atomic E-state index is -1.43. The van der Waals surface area contributed by atoms with Crippen molar-refractivity contribution in [3.63, 3.8) is 0 Å². The van der Waals surface area contributed by atoms with Gasteiger partial charge in [0.15, 0.2) is 9.04 Å². The molecule has 0 aromatic heterocycles. The first-order valence-electron chi connectivity index (χ1n) is 5.45. The number of hydrogen-bond donors (Lipinski definition) is 1. The van der Waals surface area contributed by atoms with Crippen molar-refractivity contribution in [1.82, 2.24) is 0 Å². The van der Waals surface area contributed by atoms with Gasteiger partial charge in [0.2, 0.25) is 0 Å². The summed E-state index contributed by atoms with van der Waals surface area (Å²) < 4.78 is 5.54. The highest BCUT2D eigenvalue weighted by Gasteiger charge is 2.37. The maximum absolute atomic E-state index is 11.2. The molecular formula is C11H21NO3Si. The molecule has 1 N–H and O–H groups in total. The molecule has 2 atom stereocenters. The van der Waals surface area contributed by atoms with Crippen LogP contribution in [0.5, 0.6) is 0 Å². The van der Waals surface area contributed by atoms with E-state index in [2.05, 4.69) is 6.07 Å². The minimum absolute atomic E-state index is 0.210. The van der Waals surface area contributed by atoms with Crippen molar-refractivity contribution >= 4 is 15.0 Å². The van der Waals surface area contributed by atoms with Crippen LogP contribution in [0.25, 0.3) is 0 Å². The molecule has 0 amide bonds. The number of aliphatic carboxylic acids is 1. The summed E-state index contributed by atoms with van der Waals surface area (Å²) in [6, 6.07) is 2.06. The molecule has 0 aliphatic carbocycles. The highest BCUT2D eigenvalue weighted by molar-refractivity contribution is 6.48. The minimum Gasteiger partial charge on any atom is -0.479 e. The van der Waals surface area contributed by atoms with E-state index in [0.717, 1.165) is 0 Å². The topological polar surface area (TPSA) is 70.3 Å². The second kappa shape index (κ2) is 6.02. The first-order valence-corrected chi connectivity index (χ1v) is 8.23. The molecule has 92 valence electrons. The number of nitriles is 1. The summed E-state index contributed by atoms with van der Waals surface area (Å²) in [5, 5.41) is 17.9. The van der Waals surface area contributed by atoms with Crippen molar-refractivity contribution in [2.75, 3.05) is 0 Å². The molecule has 0 rings (SSSR count). The lowest BCUT2D eigenvalue weighted by Crippen LogP contribution is -2.41. The van der Waals surface area contributed by atoms with Crippen LogP contribution >= 0.6 is 0 Å². The number of carbonyl (C=O) groups is 1. The van der Waals surface area contributed by atoms with E-state index in [9.17, 15) is 9.90 Å². The van der Waals surface area contributed by atoms with Crippen molar-refractivity contribution in [3.8, 4) is 6.07 Å². The molecule has 0 bridgehead atoms. The molecule has 16 heavy (non-hydrogen) atoms. The Kier molecular flexibility index (Phi) is 5.69. The summed E-state index contributed by atoms with van der Waals surface area (Å²) in [7, 11) is -1.43. The van der Waals surface area contributed by atoms with Crippen LogP contribution < -0.4 is 0 Å². The van der Waals surface area contributed by atoms with E-state index in [-0.39, 0.29) is 17.8 Å². The van der Waals surface area contributed by atoms with Gasteiger partial charge in [-0.05, 0) is 18.5 Å². The van der Waals surface area contributed by atoms with Gasteiger partial charge in [-0.15, -0.1) is 0 Å². The molecule has 0 saturated heterocycles. The van der Waals surface area contributed by atoms with Gasteiger partial charge in [0.1, 0.15) is 6.10 Å². The number of nitrogens with zero attached hydrogens (tertiary/aromatic N) is 1. The first-order chi connectivity index (χ1) is 7.20. The predicted octanol–water partition coefficient (Wildman–Crippen LogP) is 2.02. The van der Waals surface area contributed by atoms with Crippen LogP contribution in [0.1, 0.15) is 27.2 Å². The number of carboxylic acid groups (broad SMARTS) is 1. The van der Waals surface area contributed by atoms with Crippen molar-refractivity contribution in [2.45, 2.75) is 46.4 Å². The van der Waals surface area contributed by atoms with Crippen molar-refractivity contribution in [3.05, 3.63) is 0 Å². The largest absolute Gasteiger partial charge is 0.479 e. The highest BCUT2D eigenvalue weighted by Crippen LogP contribution is 2.33. The van der Waals surface area contributed by atoms with Gasteiger partial charge in [0.25, 0.3) is 0 Å². The zero-order valence-electron chi connectivity index (χ0n) is 10.7. The molecular weight excluding hydrogens is 222 g/mol. The van der Waals surface area contributed by atoms with Gasteiger partial charge in [-0.25, -0.2) is 4.79 Å². The van der Waals surface area contributed by atoms with E-state index >= 15 is 0 Å². The zero-order chi connectivity index (χ0) is 12.9. The van der Waals surface area contributed by atoms with Crippen LogP contribution in [-0.4, -0.2) is 26.2 Å². The molecule has 0 spiro atoms. The summed E-state index contributed by atoms with van der Waals surface area (Å²) in [4.78, 5) is 11.2. The Labute approximate surface area is 99.0 Å². The fourth-order valence-electron chi connectivity index (χ4n) is 1.58. The van der Waals surface area contributed by atoms with Gasteiger partial charge in [-0.3, -0.25) is 0 Å². The fraction of sp³-hybridized carbons (Fsp3) is 0.818. The van der Waals surface area contributed by atoms with Gasteiger partial charge in [0.05, 0.1) is 6.07 Å². The standard InChI is InChI=1S/C11H21NO3Si/c1-11(2,3)8(6-7-12)9(10(13)14)15-16(4)5/h8-9,16H,6H2,1-5H3,(H,13,14). The van der Waals surface area contributed by atoms with Gasteiger partial charge in [-0.1, -0.05) is 20.8 Å². The second-order valence-corrected chi connectivity index (χ2v) is 7.65. The monoisotopic (exact) mass is 243 g/mol. The third-order valence-corrected chi connectivity index (χ3v) is 3.29. The third-order valence-electron chi connectivity index (χ3n) is 2.45. The molecule has 2 unspecified atom stereocenters. The van der Waals surface area contributed by atoms with Crippen LogP contribution in [0.2, 0.25) is 13.1 Å². The SMILES string of the molecule is C[SiH](C)OC(C(=O)O)C(CC#N)C(C)(C)C. The summed E-state index contributed by atoms with van der Waals surface area (Å²) in [6.45, 7) is 9.69. The van der Waals surface area contributed by atoms with Crippen molar-refractivity contribution < 1.29 is 14.3 Å². The molecule has 0 aromatic carbocycles. The quantitative estimate of drug-likeness (QED) is 0.750. The zero-order valence-corrected chi connectivity index (χ0v) is 11.8. The molecule has 0 heterocycles. The van der Waals surface area contributed by atoms with E-state index in [0.29, 0.717) is 0 Å². The Morgan fingerprint density at radius 1 is 1.50 bits per heavy atom. The Morgan fingerprint density at radius 3 is 2.25 bits per heavy atom. The van der Waals surface area contributed by atoms with Crippen LogP contribution in [-0.2, 0) is 9.22 Å². The van der Waals surface area contributed by atoms with E-state index in [4.69, 9.17) is 9.69 Å². The smallest absolute Gasteiger partial charge is 0.331 e. The van der Waals surface area contributed by atoms with Gasteiger partial charge in [-0.2, -0.15) is 5.26 Å². The average Bonchev–Trinajstić information content (AvgIpc) is 2.08. The molecule has 0 aliphatic heterocycles. The normalized spacial score (nSPS) is 15.6. The van der Waals surface area contributed by atoms with E-state index < -0.39 is 21.1 Å². The highest BCUT2D eigenvalue weighted by atomic mass is 28.3. The van der Waals surface area contributed by atoms with E-state index in [1.54, 1.807) is 0 Å². The lowest BCUT2D eigenvalue weighted by molar-refractivity contribution is -0.150. The maximum Gasteiger partial charge on any atom is 0.331 e. The van der Waals surface area contributed by atoms with Crippen LogP contribution in [0.4, 0.5) is 0 Å². The van der Waals surface area contributed by atoms with Crippen molar-refractivity contribution in [2.24, 2.45) is 11.3 Å². The lowest BCUT2D eigenvalue weighted by Gasteiger charge is -2.34. The van der Waals surface area contributed by atoms with Crippen LogP contribution in [0.3, 0.4) is 0 Å². The maximum atomic E-state index is 11.2. The second-order valence-electron chi connectivity index (χ2n) is 5.28. The Hall–Kier alpha value is -0.863. The molecule has 5 heteroatoms. The first kappa shape index (κ1) is 15.1. The van der Waals surface area contributed by atoms with E-state index in [1.807, 2.05) is 33.9 Å². The van der Waals surface area contributed by atoms with Gasteiger partial charge >= 0.3 is 5.97 Å². The van der Waals surface area contributed by atoms with Crippen molar-refractivity contribution in [1.29, 1.82) is 5.26 Å². The predicted molar refractivity (Wildman–Crippen MR) is 64.6 cm³/mol. The third kappa shape index (κ3) is 4.77. The fourth-order valence-corrected chi connectivity index (χ4v) is 2.48. The van der Waals surface area contributed by atoms with Crippen LogP contribution in [0.15, 0.2) is 0 Å². The average molecular weight is 243 g/mol. The number of carboxylic acids is 1. The number of rotatable bonds is 5. The van der Waals surface area contributed by atoms with E-state index in [1.165, 1.54) is 0 Å². The molecule has 0 aliphatic rings. The summed E-state index contributed by atoms with van der Waals surface area (Å²) >= 11 is 0. The molecule has 0 saturated carbocycles. The number of hydrogen-bond acceptors (Lipinski definition) is 3. The molecule has 0 fully saturated rings. The Bertz CT molecular complexity index is 278. The molecule has 4 nitrogen and oxygen atoms in total. The van der Waals surface area contributed by atoms with Gasteiger partial charge in [0, 0.05) is 12.3 Å². The lowest BCUT2D eigenvalue weighted by atomic mass is 9.75. The summed E-state index contributed by atoms with van der Waals surface area (Å²) in [6.07, 6.45) is -0.645. The Morgan fingerprint density at radius 2 is 2.00 bits per heavy atom. The van der Waals surface area contributed by atoms with Gasteiger partial charge < -0.3 is 9.53 Å². The summed E-state index contributed by atoms with van der Waals surface area (Å²) in [5.74, 6) is -1.23. The summed E-state index contributed by atoms with van der Waals surface area (Å²) in [5.41, 5.74) is -0.248. The van der Waals surface area contributed by atoms with Crippen LogP contribution in [0, 0.1) is 22.7 Å². The molecule has 0 radical (unpaired) electrons.